The van der Waals surface area contributed by atoms with E-state index in [1.807, 2.05) is 0 Å². The van der Waals surface area contributed by atoms with Gasteiger partial charge >= 0.3 is 5.97 Å². The van der Waals surface area contributed by atoms with Crippen LogP contribution in [0.4, 0.5) is 10.1 Å². The highest BCUT2D eigenvalue weighted by Gasteiger charge is 2.28. The molecule has 0 radical (unpaired) electrons. The van der Waals surface area contributed by atoms with Gasteiger partial charge in [-0.25, -0.2) is 9.18 Å². The normalized spacial score (nSPS) is 17.7. The van der Waals surface area contributed by atoms with Crippen molar-refractivity contribution in [3.05, 3.63) is 23.5 Å². The molecule has 15 heavy (non-hydrogen) atoms. The van der Waals surface area contributed by atoms with Gasteiger partial charge in [0.2, 0.25) is 5.69 Å². The van der Waals surface area contributed by atoms with Crippen LogP contribution in [0, 0.1) is 5.82 Å². The van der Waals surface area contributed by atoms with Gasteiger partial charge in [0.1, 0.15) is 0 Å². The molecule has 0 saturated heterocycles. The average molecular weight is 232 g/mol. The van der Waals surface area contributed by atoms with Gasteiger partial charge in [-0.3, -0.25) is 0 Å². The molecule has 1 aliphatic rings. The maximum absolute atomic E-state index is 13.2. The molecule has 0 spiro atoms. The number of carbonyl (C=O) groups is 1. The molecule has 1 aliphatic heterocycles. The number of ether oxygens (including phenoxy) is 2. The van der Waals surface area contributed by atoms with E-state index in [-0.39, 0.29) is 17.0 Å². The lowest BCUT2D eigenvalue weighted by atomic mass is 10.1. The number of rotatable bonds is 1. The first kappa shape index (κ1) is 10.0. The van der Waals surface area contributed by atoms with Crippen molar-refractivity contribution in [2.45, 2.75) is 5.69 Å². The molecule has 4 nitrogen and oxygen atoms in total. The molecule has 6 heteroatoms. The smallest absolute Gasteiger partial charge is 0.340 e. The predicted octanol–water partition coefficient (Wildman–Crippen LogP) is 1.94. The zero-order valence-electron chi connectivity index (χ0n) is 7.71. The third-order valence-corrected chi connectivity index (χ3v) is 2.19. The largest absolute Gasteiger partial charge is 0.465 e. The number of carbonyl (C=O) groups excluding carboxylic acids is 1. The second kappa shape index (κ2) is 3.58. The van der Waals surface area contributed by atoms with Gasteiger partial charge in [-0.15, -0.1) is 0 Å². The standard InChI is InChI=1S/C9H7ClFNO3/c1-14-8(13)4-2-3-5(11)7-6(4)12-9(10)15-7/h2-3,9,12H,1H3. The van der Waals surface area contributed by atoms with E-state index < -0.39 is 17.5 Å². The van der Waals surface area contributed by atoms with Crippen molar-refractivity contribution in [3.8, 4) is 5.75 Å². The van der Waals surface area contributed by atoms with Gasteiger partial charge in [-0.2, -0.15) is 0 Å². The van der Waals surface area contributed by atoms with Crippen LogP contribution in [0.15, 0.2) is 12.1 Å². The monoisotopic (exact) mass is 231 g/mol. The number of hydrogen-bond acceptors (Lipinski definition) is 4. The van der Waals surface area contributed by atoms with Gasteiger partial charge in [0, 0.05) is 0 Å². The van der Waals surface area contributed by atoms with E-state index in [1.165, 1.54) is 13.2 Å². The van der Waals surface area contributed by atoms with E-state index >= 15 is 0 Å². The molecule has 1 atom stereocenters. The summed E-state index contributed by atoms with van der Waals surface area (Å²) in [6.07, 6.45) is 0. The number of hydrogen-bond donors (Lipinski definition) is 1. The maximum Gasteiger partial charge on any atom is 0.340 e. The fourth-order valence-electron chi connectivity index (χ4n) is 1.34. The van der Waals surface area contributed by atoms with Crippen LogP contribution in [-0.4, -0.2) is 18.8 Å². The summed E-state index contributed by atoms with van der Waals surface area (Å²) in [7, 11) is 1.24. The highest BCUT2D eigenvalue weighted by Crippen LogP contribution is 2.38. The minimum atomic E-state index is -0.875. The van der Waals surface area contributed by atoms with Crippen molar-refractivity contribution >= 4 is 23.3 Å². The van der Waals surface area contributed by atoms with Crippen molar-refractivity contribution in [2.24, 2.45) is 0 Å². The highest BCUT2D eigenvalue weighted by atomic mass is 35.5. The minimum Gasteiger partial charge on any atom is -0.465 e. The number of esters is 1. The van der Waals surface area contributed by atoms with Crippen LogP contribution < -0.4 is 10.1 Å². The van der Waals surface area contributed by atoms with Gasteiger partial charge in [-0.1, -0.05) is 11.6 Å². The van der Waals surface area contributed by atoms with Gasteiger partial charge in [0.05, 0.1) is 18.4 Å². The molecule has 80 valence electrons. The van der Waals surface area contributed by atoms with Crippen LogP contribution in [0.5, 0.6) is 5.75 Å². The Kier molecular flexibility index (Phi) is 2.40. The van der Waals surface area contributed by atoms with E-state index in [2.05, 4.69) is 10.1 Å². The molecule has 1 unspecified atom stereocenters. The Morgan fingerprint density at radius 3 is 3.07 bits per heavy atom. The number of fused-ring (bicyclic) bond motifs is 1. The third kappa shape index (κ3) is 1.59. The molecule has 0 aromatic heterocycles. The summed E-state index contributed by atoms with van der Waals surface area (Å²) >= 11 is 5.62. The molecule has 0 fully saturated rings. The van der Waals surface area contributed by atoms with Crippen LogP contribution in [0.25, 0.3) is 0 Å². The third-order valence-electron chi connectivity index (χ3n) is 1.99. The van der Waals surface area contributed by atoms with Crippen molar-refractivity contribution < 1.29 is 18.7 Å². The molecule has 1 aromatic carbocycles. The van der Waals surface area contributed by atoms with E-state index in [0.717, 1.165) is 6.07 Å². The van der Waals surface area contributed by atoms with Crippen LogP contribution in [0.2, 0.25) is 0 Å². The summed E-state index contributed by atoms with van der Waals surface area (Å²) in [5.74, 6) is -1.21. The van der Waals surface area contributed by atoms with Gasteiger partial charge in [-0.05, 0) is 12.1 Å². The van der Waals surface area contributed by atoms with E-state index in [4.69, 9.17) is 16.3 Å². The molecule has 0 amide bonds. The molecule has 1 N–H and O–H groups in total. The second-order valence-electron chi connectivity index (χ2n) is 2.87. The van der Waals surface area contributed by atoms with Gasteiger partial charge < -0.3 is 14.8 Å². The Hall–Kier alpha value is -1.49. The highest BCUT2D eigenvalue weighted by molar-refractivity contribution is 6.21. The number of alkyl halides is 1. The quantitative estimate of drug-likeness (QED) is 0.456. The molecular weight excluding hydrogens is 225 g/mol. The summed E-state index contributed by atoms with van der Waals surface area (Å²) in [6.45, 7) is 0. The molecule has 0 bridgehead atoms. The summed E-state index contributed by atoms with van der Waals surface area (Å²) in [6, 6.07) is 2.44. The zero-order chi connectivity index (χ0) is 11.0. The Morgan fingerprint density at radius 1 is 1.67 bits per heavy atom. The Bertz CT molecular complexity index is 424. The number of anilines is 1. The lowest BCUT2D eigenvalue weighted by Crippen LogP contribution is -2.12. The lowest BCUT2D eigenvalue weighted by Gasteiger charge is -2.04. The van der Waals surface area contributed by atoms with Crippen LogP contribution >= 0.6 is 11.6 Å². The first-order valence-electron chi connectivity index (χ1n) is 4.11. The maximum atomic E-state index is 13.2. The zero-order valence-corrected chi connectivity index (χ0v) is 8.47. The van der Waals surface area contributed by atoms with Gasteiger partial charge in [0.15, 0.2) is 11.6 Å². The average Bonchev–Trinajstić information content (AvgIpc) is 2.60. The van der Waals surface area contributed by atoms with Crippen molar-refractivity contribution in [3.63, 3.8) is 0 Å². The molecule has 1 aromatic rings. The fraction of sp³-hybridized carbons (Fsp3) is 0.222. The van der Waals surface area contributed by atoms with E-state index in [0.29, 0.717) is 0 Å². The van der Waals surface area contributed by atoms with Crippen molar-refractivity contribution in [1.29, 1.82) is 0 Å². The topological polar surface area (TPSA) is 47.6 Å². The predicted molar refractivity (Wildman–Crippen MR) is 51.6 cm³/mol. The Balaban J connectivity index is 2.52. The number of benzene rings is 1. The fourth-order valence-corrected chi connectivity index (χ4v) is 1.54. The van der Waals surface area contributed by atoms with Gasteiger partial charge in [0.25, 0.3) is 0 Å². The minimum absolute atomic E-state index is 0.0575. The van der Waals surface area contributed by atoms with E-state index in [1.54, 1.807) is 0 Å². The number of nitrogens with one attached hydrogen (secondary N) is 1. The second-order valence-corrected chi connectivity index (χ2v) is 3.27. The summed E-state index contributed by atoms with van der Waals surface area (Å²) in [5, 5.41) is 2.62. The first-order valence-corrected chi connectivity index (χ1v) is 4.55. The van der Waals surface area contributed by atoms with Crippen LogP contribution in [0.1, 0.15) is 10.4 Å². The lowest BCUT2D eigenvalue weighted by molar-refractivity contribution is 0.0602. The summed E-state index contributed by atoms with van der Waals surface area (Å²) in [5.41, 5.74) is -0.459. The first-order chi connectivity index (χ1) is 7.13. The number of halogens is 2. The molecule has 0 aliphatic carbocycles. The van der Waals surface area contributed by atoms with E-state index in [9.17, 15) is 9.18 Å². The molecular formula is C9H7ClFNO3. The Labute approximate surface area is 89.9 Å². The summed E-state index contributed by atoms with van der Waals surface area (Å²) in [4.78, 5) is 11.3. The Morgan fingerprint density at radius 2 is 2.40 bits per heavy atom. The number of methoxy groups -OCH3 is 1. The molecule has 2 rings (SSSR count). The van der Waals surface area contributed by atoms with Crippen molar-refractivity contribution in [2.75, 3.05) is 12.4 Å². The van der Waals surface area contributed by atoms with Crippen molar-refractivity contribution in [1.82, 2.24) is 0 Å². The molecule has 0 saturated carbocycles. The molecule has 1 heterocycles. The van der Waals surface area contributed by atoms with Crippen LogP contribution in [0.3, 0.4) is 0 Å². The SMILES string of the molecule is COC(=O)c1ccc(F)c2c1NC(Cl)O2. The summed E-state index contributed by atoms with van der Waals surface area (Å²) < 4.78 is 22.7. The van der Waals surface area contributed by atoms with Crippen LogP contribution in [-0.2, 0) is 4.74 Å².